The van der Waals surface area contributed by atoms with E-state index in [2.05, 4.69) is 0 Å². The van der Waals surface area contributed by atoms with Crippen molar-refractivity contribution >= 4 is 12.0 Å². The maximum atomic E-state index is 11.8. The highest BCUT2D eigenvalue weighted by molar-refractivity contribution is 5.74. The van der Waals surface area contributed by atoms with E-state index < -0.39 is 5.97 Å². The van der Waals surface area contributed by atoms with Crippen LogP contribution in [0.1, 0.15) is 12.8 Å². The lowest BCUT2D eigenvalue weighted by atomic mass is 10.3. The Hall–Kier alpha value is -1.34. The van der Waals surface area contributed by atoms with Crippen LogP contribution >= 0.6 is 0 Å². The molecule has 0 aliphatic carbocycles. The number of carboxylic acids is 1. The van der Waals surface area contributed by atoms with Crippen molar-refractivity contribution < 1.29 is 24.9 Å². The van der Waals surface area contributed by atoms with Crippen molar-refractivity contribution in [2.45, 2.75) is 12.8 Å². The van der Waals surface area contributed by atoms with E-state index in [9.17, 15) is 9.59 Å². The Kier molecular flexibility index (Phi) is 8.08. The first-order chi connectivity index (χ1) is 8.02. The highest BCUT2D eigenvalue weighted by Gasteiger charge is 2.16. The molecule has 0 heterocycles. The second-order valence-corrected chi connectivity index (χ2v) is 3.64. The van der Waals surface area contributed by atoms with Gasteiger partial charge in [0, 0.05) is 33.1 Å². The van der Waals surface area contributed by atoms with Crippen molar-refractivity contribution in [3.05, 3.63) is 0 Å². The molecule has 0 aromatic carbocycles. The number of hydrogen-bond donors (Lipinski definition) is 3. The van der Waals surface area contributed by atoms with E-state index in [1.165, 1.54) is 9.80 Å². The molecule has 0 saturated heterocycles. The highest BCUT2D eigenvalue weighted by Crippen LogP contribution is 1.99. The minimum absolute atomic E-state index is 0.0115. The predicted molar refractivity (Wildman–Crippen MR) is 60.6 cm³/mol. The molecule has 0 atom stereocenters. The summed E-state index contributed by atoms with van der Waals surface area (Å²) in [7, 11) is 1.56. The zero-order valence-corrected chi connectivity index (χ0v) is 10.0. The number of carbonyl (C=O) groups excluding carboxylic acids is 1. The highest BCUT2D eigenvalue weighted by atomic mass is 16.4. The summed E-state index contributed by atoms with van der Waals surface area (Å²) in [5.74, 6) is -0.895. The summed E-state index contributed by atoms with van der Waals surface area (Å²) in [6.45, 7) is 0.299. The number of urea groups is 1. The number of carbonyl (C=O) groups is 2. The van der Waals surface area contributed by atoms with Gasteiger partial charge in [-0.25, -0.2) is 4.79 Å². The average Bonchev–Trinajstić information content (AvgIpc) is 2.27. The third kappa shape index (κ3) is 6.75. The Morgan fingerprint density at radius 3 is 2.00 bits per heavy atom. The minimum atomic E-state index is -0.895. The number of aliphatic hydroxyl groups is 2. The van der Waals surface area contributed by atoms with Gasteiger partial charge >= 0.3 is 12.0 Å². The van der Waals surface area contributed by atoms with Crippen LogP contribution in [0, 0.1) is 0 Å². The minimum Gasteiger partial charge on any atom is -0.481 e. The smallest absolute Gasteiger partial charge is 0.319 e. The van der Waals surface area contributed by atoms with Gasteiger partial charge in [-0.2, -0.15) is 0 Å². The summed E-state index contributed by atoms with van der Waals surface area (Å²) in [6, 6.07) is -0.321. The summed E-state index contributed by atoms with van der Waals surface area (Å²) in [5, 5.41) is 26.0. The first-order valence-electron chi connectivity index (χ1n) is 5.46. The number of nitrogens with zero attached hydrogens (tertiary/aromatic N) is 2. The fraction of sp³-hybridized carbons (Fsp3) is 0.800. The summed E-state index contributed by atoms with van der Waals surface area (Å²) in [6.07, 6.45) is 0.390. The molecule has 7 heteroatoms. The molecule has 0 radical (unpaired) electrons. The van der Waals surface area contributed by atoms with E-state index in [0.29, 0.717) is 13.0 Å². The van der Waals surface area contributed by atoms with Crippen molar-refractivity contribution in [3.63, 3.8) is 0 Å². The number of hydrogen-bond acceptors (Lipinski definition) is 4. The molecule has 0 fully saturated rings. The Morgan fingerprint density at radius 1 is 1.06 bits per heavy atom. The fourth-order valence-corrected chi connectivity index (χ4v) is 1.35. The Labute approximate surface area is 100 Å². The zero-order chi connectivity index (χ0) is 13.3. The first kappa shape index (κ1) is 15.7. The second-order valence-electron chi connectivity index (χ2n) is 3.64. The lowest BCUT2D eigenvalue weighted by Crippen LogP contribution is -2.44. The van der Waals surface area contributed by atoms with Crippen LogP contribution in [-0.2, 0) is 4.79 Å². The molecule has 0 spiro atoms. The molecule has 3 N–H and O–H groups in total. The van der Waals surface area contributed by atoms with Crippen LogP contribution in [0.25, 0.3) is 0 Å². The average molecular weight is 248 g/mol. The summed E-state index contributed by atoms with van der Waals surface area (Å²) in [4.78, 5) is 24.8. The largest absolute Gasteiger partial charge is 0.481 e. The predicted octanol–water partition coefficient (Wildman–Crippen LogP) is -0.810. The van der Waals surface area contributed by atoms with E-state index in [-0.39, 0.29) is 38.8 Å². The van der Waals surface area contributed by atoms with E-state index in [4.69, 9.17) is 15.3 Å². The number of aliphatic carboxylic acids is 1. The topological polar surface area (TPSA) is 101 Å². The Bertz CT molecular complexity index is 241. The molecule has 100 valence electrons. The third-order valence-electron chi connectivity index (χ3n) is 2.22. The number of amides is 2. The molecule has 0 bridgehead atoms. The van der Waals surface area contributed by atoms with E-state index in [1.54, 1.807) is 7.05 Å². The van der Waals surface area contributed by atoms with Gasteiger partial charge in [0.1, 0.15) is 0 Å². The molecule has 0 aromatic rings. The quantitative estimate of drug-likeness (QED) is 0.521. The maximum Gasteiger partial charge on any atom is 0.319 e. The maximum absolute atomic E-state index is 11.8. The zero-order valence-electron chi connectivity index (χ0n) is 10.0. The number of carboxylic acid groups (broad SMARTS) is 1. The van der Waals surface area contributed by atoms with Crippen LogP contribution in [0.15, 0.2) is 0 Å². The first-order valence-corrected chi connectivity index (χ1v) is 5.46. The van der Waals surface area contributed by atoms with Crippen LogP contribution in [0.2, 0.25) is 0 Å². The normalized spacial score (nSPS) is 10.1. The molecule has 0 saturated carbocycles. The molecule has 0 aliphatic heterocycles. The number of rotatable bonds is 8. The monoisotopic (exact) mass is 248 g/mol. The van der Waals surface area contributed by atoms with Crippen molar-refractivity contribution in [2.75, 3.05) is 39.9 Å². The van der Waals surface area contributed by atoms with E-state index in [0.717, 1.165) is 0 Å². The second kappa shape index (κ2) is 8.77. The van der Waals surface area contributed by atoms with Gasteiger partial charge in [-0.15, -0.1) is 0 Å². The van der Waals surface area contributed by atoms with Gasteiger partial charge in [-0.3, -0.25) is 4.79 Å². The summed E-state index contributed by atoms with van der Waals surface area (Å²) >= 11 is 0. The Morgan fingerprint density at radius 2 is 1.59 bits per heavy atom. The Balaban J connectivity index is 4.09. The van der Waals surface area contributed by atoms with Gasteiger partial charge in [-0.1, -0.05) is 0 Å². The lowest BCUT2D eigenvalue weighted by molar-refractivity contribution is -0.137. The lowest BCUT2D eigenvalue weighted by Gasteiger charge is -2.27. The van der Waals surface area contributed by atoms with Crippen molar-refractivity contribution in [1.82, 2.24) is 9.80 Å². The number of aliphatic hydroxyl groups excluding tert-OH is 2. The summed E-state index contributed by atoms with van der Waals surface area (Å²) in [5.41, 5.74) is 0. The molecule has 7 nitrogen and oxygen atoms in total. The molecule has 0 aliphatic rings. The van der Waals surface area contributed by atoms with Crippen LogP contribution in [0.4, 0.5) is 4.79 Å². The standard InChI is InChI=1S/C10H20N2O5/c1-11(4-2-3-9(15)16)10(17)12(5-7-13)6-8-14/h13-14H,2-8H2,1H3,(H,15,16). The molecular weight excluding hydrogens is 228 g/mol. The van der Waals surface area contributed by atoms with Crippen molar-refractivity contribution in [3.8, 4) is 0 Å². The van der Waals surface area contributed by atoms with Gasteiger partial charge in [-0.05, 0) is 6.42 Å². The fourth-order valence-electron chi connectivity index (χ4n) is 1.35. The van der Waals surface area contributed by atoms with Gasteiger partial charge < -0.3 is 25.1 Å². The summed E-state index contributed by atoms with van der Waals surface area (Å²) < 4.78 is 0. The SMILES string of the molecule is CN(CCCC(=O)O)C(=O)N(CCO)CCO. The van der Waals surface area contributed by atoms with Crippen LogP contribution < -0.4 is 0 Å². The van der Waals surface area contributed by atoms with E-state index >= 15 is 0 Å². The van der Waals surface area contributed by atoms with Gasteiger partial charge in [0.05, 0.1) is 13.2 Å². The molecule has 0 aromatic heterocycles. The third-order valence-corrected chi connectivity index (χ3v) is 2.22. The van der Waals surface area contributed by atoms with E-state index in [1.807, 2.05) is 0 Å². The van der Waals surface area contributed by atoms with Crippen LogP contribution in [-0.4, -0.2) is 77.0 Å². The molecule has 0 rings (SSSR count). The van der Waals surface area contributed by atoms with Crippen LogP contribution in [0.3, 0.4) is 0 Å². The van der Waals surface area contributed by atoms with Gasteiger partial charge in [0.2, 0.25) is 0 Å². The molecule has 0 unspecified atom stereocenters. The van der Waals surface area contributed by atoms with Crippen molar-refractivity contribution in [2.24, 2.45) is 0 Å². The van der Waals surface area contributed by atoms with Gasteiger partial charge in [0.15, 0.2) is 0 Å². The molecule has 2 amide bonds. The van der Waals surface area contributed by atoms with Crippen LogP contribution in [0.5, 0.6) is 0 Å². The molecule has 17 heavy (non-hydrogen) atoms. The molecular formula is C10H20N2O5. The van der Waals surface area contributed by atoms with Gasteiger partial charge in [0.25, 0.3) is 0 Å². The van der Waals surface area contributed by atoms with Crippen molar-refractivity contribution in [1.29, 1.82) is 0 Å².